The Morgan fingerprint density at radius 2 is 2.00 bits per heavy atom. The fraction of sp³-hybridized carbons (Fsp3) is 0.414. The van der Waals surface area contributed by atoms with Crippen molar-refractivity contribution < 1.29 is 19.0 Å². The van der Waals surface area contributed by atoms with Crippen LogP contribution in [0.5, 0.6) is 17.2 Å². The predicted molar refractivity (Wildman–Crippen MR) is 141 cm³/mol. The van der Waals surface area contributed by atoms with Crippen LogP contribution in [0.2, 0.25) is 0 Å². The van der Waals surface area contributed by atoms with Crippen LogP contribution in [0, 0.1) is 0 Å². The zero-order valence-electron chi connectivity index (χ0n) is 21.7. The third kappa shape index (κ3) is 4.94. The largest absolute Gasteiger partial charge is 0.492 e. The third-order valence-electron chi connectivity index (χ3n) is 6.41. The Balaban J connectivity index is 1.80. The average molecular weight is 477 g/mol. The van der Waals surface area contributed by atoms with E-state index in [9.17, 15) is 4.79 Å². The number of fused-ring (bicyclic) bond motifs is 5. The Morgan fingerprint density at radius 3 is 2.69 bits per heavy atom. The van der Waals surface area contributed by atoms with E-state index in [2.05, 4.69) is 50.9 Å². The summed E-state index contributed by atoms with van der Waals surface area (Å²) in [5.74, 6) is 1.34. The minimum absolute atomic E-state index is 0.141. The van der Waals surface area contributed by atoms with E-state index < -0.39 is 0 Å². The molecule has 0 saturated heterocycles. The molecule has 0 aromatic heterocycles. The fourth-order valence-corrected chi connectivity index (χ4v) is 5.12. The van der Waals surface area contributed by atoms with Crippen LogP contribution in [0.1, 0.15) is 57.3 Å². The molecule has 4 rings (SSSR count). The van der Waals surface area contributed by atoms with E-state index in [4.69, 9.17) is 14.2 Å². The van der Waals surface area contributed by atoms with Gasteiger partial charge in [0.1, 0.15) is 11.9 Å². The van der Waals surface area contributed by atoms with Gasteiger partial charge in [0.25, 0.3) is 0 Å². The number of methoxy groups -OCH3 is 1. The van der Waals surface area contributed by atoms with E-state index in [0.29, 0.717) is 30.1 Å². The van der Waals surface area contributed by atoms with Crippen molar-refractivity contribution in [2.75, 3.05) is 33.1 Å². The van der Waals surface area contributed by atoms with Gasteiger partial charge in [-0.3, -0.25) is 4.79 Å². The van der Waals surface area contributed by atoms with Gasteiger partial charge in [-0.1, -0.05) is 18.2 Å². The van der Waals surface area contributed by atoms with Gasteiger partial charge in [-0.25, -0.2) is 0 Å². The molecule has 1 N–H and O–H groups in total. The molecule has 6 heteroatoms. The van der Waals surface area contributed by atoms with E-state index in [1.807, 2.05) is 31.1 Å². The molecule has 35 heavy (non-hydrogen) atoms. The molecule has 2 heterocycles. The molecule has 0 amide bonds. The number of anilines is 1. The highest BCUT2D eigenvalue weighted by Crippen LogP contribution is 2.54. The van der Waals surface area contributed by atoms with Crippen LogP contribution in [0.4, 0.5) is 5.69 Å². The number of allylic oxidation sites excluding steroid dienone is 1. The normalized spacial score (nSPS) is 17.2. The summed E-state index contributed by atoms with van der Waals surface area (Å²) in [4.78, 5) is 14.6. The Kier molecular flexibility index (Phi) is 6.95. The lowest BCUT2D eigenvalue weighted by Gasteiger charge is -2.37. The first-order valence-electron chi connectivity index (χ1n) is 12.1. The second-order valence-corrected chi connectivity index (χ2v) is 10.1. The van der Waals surface area contributed by atoms with Crippen molar-refractivity contribution in [3.8, 4) is 28.4 Å². The van der Waals surface area contributed by atoms with Gasteiger partial charge < -0.3 is 24.4 Å². The Bertz CT molecular complexity index is 1180. The average Bonchev–Trinajstić information content (AvgIpc) is 2.77. The van der Waals surface area contributed by atoms with Gasteiger partial charge in [-0.15, -0.1) is 6.58 Å². The summed E-state index contributed by atoms with van der Waals surface area (Å²) in [5.41, 5.74) is 6.21. The Labute approximate surface area is 208 Å². The van der Waals surface area contributed by atoms with Crippen molar-refractivity contribution in [3.63, 3.8) is 0 Å². The summed E-state index contributed by atoms with van der Waals surface area (Å²) in [6.45, 7) is 11.2. The highest BCUT2D eigenvalue weighted by atomic mass is 16.6. The van der Waals surface area contributed by atoms with Crippen LogP contribution in [-0.4, -0.2) is 44.2 Å². The number of rotatable bonds is 8. The van der Waals surface area contributed by atoms with Gasteiger partial charge in [-0.2, -0.15) is 0 Å². The third-order valence-corrected chi connectivity index (χ3v) is 6.41. The standard InChI is InChI=1S/C29H36N2O4/c1-8-10-21-26-19(12-13-20-25(26)18(2)17-29(3,4)30-20)27-22(34-21)14-15-23(28(27)33-7)35-24(32)11-9-16-31(5)6/h8,12-15,17,21,30H,1,9-11,16H2,2-7H3. The maximum atomic E-state index is 12.6. The molecule has 0 saturated carbocycles. The maximum Gasteiger partial charge on any atom is 0.311 e. The molecule has 0 spiro atoms. The Hall–Kier alpha value is -3.25. The lowest BCUT2D eigenvalue weighted by molar-refractivity contribution is -0.134. The quantitative estimate of drug-likeness (QED) is 0.277. The molecule has 0 fully saturated rings. The topological polar surface area (TPSA) is 60.0 Å². The fourth-order valence-electron chi connectivity index (χ4n) is 5.12. The van der Waals surface area contributed by atoms with Gasteiger partial charge in [0, 0.05) is 29.7 Å². The van der Waals surface area contributed by atoms with Crippen LogP contribution in [0.15, 0.2) is 43.0 Å². The summed E-state index contributed by atoms with van der Waals surface area (Å²) < 4.78 is 18.1. The molecule has 1 atom stereocenters. The molecular formula is C29H36N2O4. The molecule has 0 bridgehead atoms. The lowest BCUT2D eigenvalue weighted by Crippen LogP contribution is -2.32. The molecule has 0 aliphatic carbocycles. The maximum absolute atomic E-state index is 12.6. The number of carbonyl (C=O) groups excluding carboxylic acids is 1. The molecule has 6 nitrogen and oxygen atoms in total. The zero-order valence-corrected chi connectivity index (χ0v) is 21.7. The first kappa shape index (κ1) is 24.9. The van der Waals surface area contributed by atoms with Crippen LogP contribution in [-0.2, 0) is 4.79 Å². The summed E-state index contributed by atoms with van der Waals surface area (Å²) in [7, 11) is 5.57. The van der Waals surface area contributed by atoms with E-state index in [0.717, 1.165) is 40.9 Å². The first-order valence-corrected chi connectivity index (χ1v) is 12.1. The number of nitrogens with zero attached hydrogens (tertiary/aromatic N) is 1. The number of benzene rings is 2. The molecule has 2 aromatic carbocycles. The molecular weight excluding hydrogens is 440 g/mol. The van der Waals surface area contributed by atoms with Crippen LogP contribution in [0.3, 0.4) is 0 Å². The molecule has 2 aromatic rings. The number of hydrogen-bond donors (Lipinski definition) is 1. The van der Waals surface area contributed by atoms with Crippen LogP contribution in [0.25, 0.3) is 16.7 Å². The van der Waals surface area contributed by atoms with Crippen LogP contribution >= 0.6 is 0 Å². The monoisotopic (exact) mass is 476 g/mol. The molecule has 0 radical (unpaired) electrons. The van der Waals surface area contributed by atoms with Gasteiger partial charge in [0.15, 0.2) is 11.5 Å². The number of nitrogens with one attached hydrogen (secondary N) is 1. The molecule has 2 aliphatic rings. The number of esters is 1. The van der Waals surface area contributed by atoms with E-state index in [-0.39, 0.29) is 17.6 Å². The Morgan fingerprint density at radius 1 is 1.23 bits per heavy atom. The second-order valence-electron chi connectivity index (χ2n) is 10.1. The number of carbonyl (C=O) groups is 1. The summed E-state index contributed by atoms with van der Waals surface area (Å²) in [6.07, 6.45) is 5.70. The van der Waals surface area contributed by atoms with Gasteiger partial charge in [0.05, 0.1) is 18.2 Å². The SMILES string of the molecule is C=CCC1Oc2ccc(OC(=O)CCCN(C)C)c(OC)c2-c2ccc3c(c21)C(C)=CC(C)(C)N3. The highest BCUT2D eigenvalue weighted by molar-refractivity contribution is 5.92. The van der Waals surface area contributed by atoms with Crippen LogP contribution < -0.4 is 19.5 Å². The van der Waals surface area contributed by atoms with Crippen molar-refractivity contribution in [2.24, 2.45) is 0 Å². The van der Waals surface area contributed by atoms with Gasteiger partial charge in [-0.05, 0) is 77.2 Å². The summed E-state index contributed by atoms with van der Waals surface area (Å²) >= 11 is 0. The minimum atomic E-state index is -0.276. The van der Waals surface area contributed by atoms with Crippen molar-refractivity contribution >= 4 is 17.2 Å². The van der Waals surface area contributed by atoms with Gasteiger partial charge in [0.2, 0.25) is 0 Å². The van der Waals surface area contributed by atoms with Crippen molar-refractivity contribution in [1.82, 2.24) is 4.90 Å². The molecule has 186 valence electrons. The van der Waals surface area contributed by atoms with E-state index >= 15 is 0 Å². The van der Waals surface area contributed by atoms with E-state index in [1.165, 1.54) is 5.57 Å². The first-order chi connectivity index (χ1) is 16.6. The van der Waals surface area contributed by atoms with Crippen molar-refractivity contribution in [2.45, 2.75) is 51.7 Å². The highest BCUT2D eigenvalue weighted by Gasteiger charge is 2.35. The summed E-state index contributed by atoms with van der Waals surface area (Å²) in [6, 6.07) is 7.85. The number of hydrogen-bond acceptors (Lipinski definition) is 6. The lowest BCUT2D eigenvalue weighted by atomic mass is 9.81. The summed E-state index contributed by atoms with van der Waals surface area (Å²) in [5, 5.41) is 3.64. The molecule has 2 aliphatic heterocycles. The number of ether oxygens (including phenoxy) is 3. The van der Waals surface area contributed by atoms with E-state index in [1.54, 1.807) is 13.2 Å². The minimum Gasteiger partial charge on any atom is -0.492 e. The van der Waals surface area contributed by atoms with Crippen molar-refractivity contribution in [3.05, 3.63) is 54.1 Å². The molecule has 1 unspecified atom stereocenters. The van der Waals surface area contributed by atoms with Crippen molar-refractivity contribution in [1.29, 1.82) is 0 Å². The predicted octanol–water partition coefficient (Wildman–Crippen LogP) is 6.23. The second kappa shape index (κ2) is 9.78. The smallest absolute Gasteiger partial charge is 0.311 e. The zero-order chi connectivity index (χ0) is 25.3. The van der Waals surface area contributed by atoms with Gasteiger partial charge >= 0.3 is 5.97 Å².